The number of hydrogen-bond acceptors (Lipinski definition) is 3. The number of nitrogens with zero attached hydrogens (tertiary/aromatic N) is 1. The molecular weight excluding hydrogens is 230 g/mol. The molecule has 0 saturated heterocycles. The summed E-state index contributed by atoms with van der Waals surface area (Å²) in [6.07, 6.45) is 0.895. The first-order valence-electron chi connectivity index (χ1n) is 6.10. The second kappa shape index (κ2) is 7.01. The normalized spacial score (nSPS) is 12.4. The summed E-state index contributed by atoms with van der Waals surface area (Å²) in [4.78, 5) is 12.6. The summed E-state index contributed by atoms with van der Waals surface area (Å²) in [6, 6.07) is 8.23. The highest BCUT2D eigenvalue weighted by molar-refractivity contribution is 5.66. The third-order valence-corrected chi connectivity index (χ3v) is 3.16. The summed E-state index contributed by atoms with van der Waals surface area (Å²) in [5, 5.41) is 8.61. The van der Waals surface area contributed by atoms with Gasteiger partial charge in [-0.15, -0.1) is 0 Å². The minimum Gasteiger partial charge on any atom is -0.497 e. The van der Waals surface area contributed by atoms with Crippen molar-refractivity contribution in [3.05, 3.63) is 29.8 Å². The third kappa shape index (κ3) is 4.37. The molecule has 4 nitrogen and oxygen atoms in total. The number of carboxylic acid groups (broad SMARTS) is 1. The number of methoxy groups -OCH3 is 1. The lowest BCUT2D eigenvalue weighted by molar-refractivity contribution is -0.137. The molecule has 0 bridgehead atoms. The van der Waals surface area contributed by atoms with Crippen LogP contribution in [0.4, 0.5) is 0 Å². The Bertz CT molecular complexity index is 375. The topological polar surface area (TPSA) is 49.8 Å². The Labute approximate surface area is 108 Å². The Kier molecular flexibility index (Phi) is 5.65. The molecule has 0 unspecified atom stereocenters. The molecule has 0 spiro atoms. The van der Waals surface area contributed by atoms with Gasteiger partial charge in [0.05, 0.1) is 7.11 Å². The van der Waals surface area contributed by atoms with Crippen LogP contribution in [-0.4, -0.2) is 36.7 Å². The lowest BCUT2D eigenvalue weighted by atomic mass is 10.1. The highest BCUT2D eigenvalue weighted by atomic mass is 16.5. The Morgan fingerprint density at radius 3 is 2.50 bits per heavy atom. The molecule has 1 atom stereocenters. The Balaban J connectivity index is 2.51. The van der Waals surface area contributed by atoms with E-state index in [1.165, 1.54) is 5.56 Å². The summed E-state index contributed by atoms with van der Waals surface area (Å²) >= 11 is 0. The molecule has 0 saturated carbocycles. The number of rotatable bonds is 7. The van der Waals surface area contributed by atoms with Gasteiger partial charge in [0.2, 0.25) is 0 Å². The van der Waals surface area contributed by atoms with Gasteiger partial charge in [-0.2, -0.15) is 0 Å². The lowest BCUT2D eigenvalue weighted by Crippen LogP contribution is -2.24. The van der Waals surface area contributed by atoms with Gasteiger partial charge in [0.25, 0.3) is 0 Å². The molecule has 18 heavy (non-hydrogen) atoms. The molecule has 0 heterocycles. The van der Waals surface area contributed by atoms with Gasteiger partial charge in [0, 0.05) is 12.5 Å². The Hall–Kier alpha value is -1.55. The van der Waals surface area contributed by atoms with Gasteiger partial charge in [-0.1, -0.05) is 12.1 Å². The molecular formula is C14H21NO3. The van der Waals surface area contributed by atoms with Gasteiger partial charge in [-0.25, -0.2) is 0 Å². The van der Waals surface area contributed by atoms with Crippen molar-refractivity contribution in [1.82, 2.24) is 4.90 Å². The van der Waals surface area contributed by atoms with Crippen LogP contribution < -0.4 is 4.74 Å². The average molecular weight is 251 g/mol. The van der Waals surface area contributed by atoms with E-state index >= 15 is 0 Å². The van der Waals surface area contributed by atoms with Crippen LogP contribution in [0.5, 0.6) is 5.75 Å². The number of aliphatic carboxylic acids is 1. The van der Waals surface area contributed by atoms with Crippen molar-refractivity contribution < 1.29 is 14.6 Å². The first-order valence-corrected chi connectivity index (χ1v) is 6.10. The lowest BCUT2D eigenvalue weighted by Gasteiger charge is -2.25. The maximum atomic E-state index is 10.5. The van der Waals surface area contributed by atoms with E-state index in [4.69, 9.17) is 9.84 Å². The average Bonchev–Trinajstić information content (AvgIpc) is 2.37. The van der Waals surface area contributed by atoms with Crippen molar-refractivity contribution >= 4 is 5.97 Å². The van der Waals surface area contributed by atoms with Crippen LogP contribution in [0.1, 0.15) is 31.4 Å². The first kappa shape index (κ1) is 14.5. The number of carboxylic acids is 1. The molecule has 1 aromatic carbocycles. The van der Waals surface area contributed by atoms with Crippen LogP contribution in [0.15, 0.2) is 24.3 Å². The minimum absolute atomic E-state index is 0.222. The maximum absolute atomic E-state index is 10.5. The first-order chi connectivity index (χ1) is 8.54. The predicted molar refractivity (Wildman–Crippen MR) is 70.9 cm³/mol. The number of ether oxygens (including phenoxy) is 1. The zero-order chi connectivity index (χ0) is 13.5. The zero-order valence-electron chi connectivity index (χ0n) is 11.2. The standard InChI is InChI=1S/C14H21NO3/c1-11(15(2)10-4-5-14(16)17)12-6-8-13(18-3)9-7-12/h6-9,11H,4-5,10H2,1-3H3,(H,16,17)/t11-/m0/s1. The predicted octanol–water partition coefficient (Wildman–Crippen LogP) is 2.55. The van der Waals surface area contributed by atoms with E-state index in [9.17, 15) is 4.79 Å². The second-order valence-electron chi connectivity index (χ2n) is 4.43. The fourth-order valence-corrected chi connectivity index (χ4v) is 1.81. The van der Waals surface area contributed by atoms with Gasteiger partial charge in [0.1, 0.15) is 5.75 Å². The highest BCUT2D eigenvalue weighted by Crippen LogP contribution is 2.21. The molecule has 0 radical (unpaired) electrons. The smallest absolute Gasteiger partial charge is 0.303 e. The fourth-order valence-electron chi connectivity index (χ4n) is 1.81. The molecule has 0 aromatic heterocycles. The monoisotopic (exact) mass is 251 g/mol. The second-order valence-corrected chi connectivity index (χ2v) is 4.43. The van der Waals surface area contributed by atoms with Gasteiger partial charge >= 0.3 is 5.97 Å². The molecule has 4 heteroatoms. The van der Waals surface area contributed by atoms with E-state index in [2.05, 4.69) is 11.8 Å². The molecule has 0 aliphatic carbocycles. The Morgan fingerprint density at radius 2 is 2.00 bits per heavy atom. The maximum Gasteiger partial charge on any atom is 0.303 e. The summed E-state index contributed by atoms with van der Waals surface area (Å²) in [7, 11) is 3.66. The van der Waals surface area contributed by atoms with Crippen LogP contribution >= 0.6 is 0 Å². The number of carbonyl (C=O) groups is 1. The Morgan fingerprint density at radius 1 is 1.39 bits per heavy atom. The van der Waals surface area contributed by atoms with E-state index < -0.39 is 5.97 Å². The summed E-state index contributed by atoms with van der Waals surface area (Å²) in [5.74, 6) is 0.111. The minimum atomic E-state index is -0.736. The molecule has 0 amide bonds. The third-order valence-electron chi connectivity index (χ3n) is 3.16. The summed E-state index contributed by atoms with van der Waals surface area (Å²) in [5.41, 5.74) is 1.20. The van der Waals surface area contributed by atoms with Crippen molar-refractivity contribution in [3.63, 3.8) is 0 Å². The van der Waals surface area contributed by atoms with Gasteiger partial charge in [0.15, 0.2) is 0 Å². The number of benzene rings is 1. The molecule has 100 valence electrons. The van der Waals surface area contributed by atoms with Crippen molar-refractivity contribution in [2.75, 3.05) is 20.7 Å². The van der Waals surface area contributed by atoms with Crippen molar-refractivity contribution in [3.8, 4) is 5.75 Å². The molecule has 1 rings (SSSR count). The van der Waals surface area contributed by atoms with Crippen molar-refractivity contribution in [2.24, 2.45) is 0 Å². The molecule has 1 aromatic rings. The van der Waals surface area contributed by atoms with E-state index in [-0.39, 0.29) is 12.5 Å². The van der Waals surface area contributed by atoms with Crippen LogP contribution in [-0.2, 0) is 4.79 Å². The number of hydrogen-bond donors (Lipinski definition) is 1. The van der Waals surface area contributed by atoms with Crippen LogP contribution in [0.3, 0.4) is 0 Å². The van der Waals surface area contributed by atoms with Crippen LogP contribution in [0, 0.1) is 0 Å². The molecule has 0 aliphatic rings. The van der Waals surface area contributed by atoms with E-state index in [0.717, 1.165) is 12.3 Å². The van der Waals surface area contributed by atoms with E-state index in [0.29, 0.717) is 6.42 Å². The SMILES string of the molecule is COc1ccc([C@H](C)N(C)CCCC(=O)O)cc1. The van der Waals surface area contributed by atoms with E-state index in [1.54, 1.807) is 7.11 Å². The summed E-state index contributed by atoms with van der Waals surface area (Å²) < 4.78 is 5.12. The largest absolute Gasteiger partial charge is 0.497 e. The molecule has 1 N–H and O–H groups in total. The van der Waals surface area contributed by atoms with E-state index in [1.807, 2.05) is 31.3 Å². The van der Waals surface area contributed by atoms with Gasteiger partial charge in [-0.3, -0.25) is 9.69 Å². The fraction of sp³-hybridized carbons (Fsp3) is 0.500. The zero-order valence-corrected chi connectivity index (χ0v) is 11.2. The molecule has 0 fully saturated rings. The van der Waals surface area contributed by atoms with Gasteiger partial charge < -0.3 is 9.84 Å². The van der Waals surface area contributed by atoms with Crippen LogP contribution in [0.2, 0.25) is 0 Å². The highest BCUT2D eigenvalue weighted by Gasteiger charge is 2.11. The van der Waals surface area contributed by atoms with Crippen LogP contribution in [0.25, 0.3) is 0 Å². The van der Waals surface area contributed by atoms with Crippen molar-refractivity contribution in [1.29, 1.82) is 0 Å². The van der Waals surface area contributed by atoms with Crippen molar-refractivity contribution in [2.45, 2.75) is 25.8 Å². The summed E-state index contributed by atoms with van der Waals surface area (Å²) in [6.45, 7) is 2.89. The quantitative estimate of drug-likeness (QED) is 0.809. The molecule has 0 aliphatic heterocycles. The van der Waals surface area contributed by atoms with Gasteiger partial charge in [-0.05, 0) is 44.6 Å².